The maximum absolute atomic E-state index is 13.5. The van der Waals surface area contributed by atoms with E-state index < -0.39 is 17.6 Å². The lowest BCUT2D eigenvalue weighted by molar-refractivity contribution is -0.137. The van der Waals surface area contributed by atoms with Crippen molar-refractivity contribution in [2.45, 2.75) is 33.1 Å². The van der Waals surface area contributed by atoms with E-state index in [2.05, 4.69) is 4.57 Å². The highest BCUT2D eigenvalue weighted by atomic mass is 19.4. The molecule has 0 saturated carbocycles. The van der Waals surface area contributed by atoms with Crippen molar-refractivity contribution in [2.75, 3.05) is 33.4 Å². The van der Waals surface area contributed by atoms with E-state index >= 15 is 0 Å². The summed E-state index contributed by atoms with van der Waals surface area (Å²) in [5, 5.41) is 0. The molecule has 3 rings (SSSR count). The molecule has 0 saturated heterocycles. The van der Waals surface area contributed by atoms with Gasteiger partial charge in [0.2, 0.25) is 5.91 Å². The van der Waals surface area contributed by atoms with Gasteiger partial charge in [-0.15, -0.1) is 0 Å². The van der Waals surface area contributed by atoms with Crippen molar-refractivity contribution >= 4 is 11.8 Å². The predicted molar refractivity (Wildman–Crippen MR) is 139 cm³/mol. The summed E-state index contributed by atoms with van der Waals surface area (Å²) < 4.78 is 46.2. The highest BCUT2D eigenvalue weighted by molar-refractivity contribution is 5.96. The Labute approximate surface area is 221 Å². The second-order valence-corrected chi connectivity index (χ2v) is 9.58. The molecule has 0 radical (unpaired) electrons. The lowest BCUT2D eigenvalue weighted by atomic mass is 10.1. The fourth-order valence-corrected chi connectivity index (χ4v) is 4.12. The van der Waals surface area contributed by atoms with Gasteiger partial charge < -0.3 is 19.1 Å². The topological polar surface area (TPSA) is 54.8 Å². The van der Waals surface area contributed by atoms with Gasteiger partial charge in [-0.3, -0.25) is 9.59 Å². The third kappa shape index (κ3) is 8.21. The standard InChI is InChI=1S/C29H34F3N3O3/c1-22(2)18-35(28(37)24-11-13-25(14-12-24)29(30,31)32)21-27(36)34(16-17-38-3)20-26-10-7-15-33(26)19-23-8-5-4-6-9-23/h4-15,22H,16-21H2,1-3H3. The first kappa shape index (κ1) is 29.0. The van der Waals surface area contributed by atoms with Crippen molar-refractivity contribution < 1.29 is 27.5 Å². The van der Waals surface area contributed by atoms with Crippen molar-refractivity contribution in [3.8, 4) is 0 Å². The van der Waals surface area contributed by atoms with Gasteiger partial charge in [-0.2, -0.15) is 13.2 Å². The van der Waals surface area contributed by atoms with Gasteiger partial charge in [-0.1, -0.05) is 44.2 Å². The maximum Gasteiger partial charge on any atom is 0.416 e. The molecule has 204 valence electrons. The van der Waals surface area contributed by atoms with E-state index in [1.807, 2.05) is 62.5 Å². The number of nitrogens with zero attached hydrogens (tertiary/aromatic N) is 3. The summed E-state index contributed by atoms with van der Waals surface area (Å²) in [6.07, 6.45) is -2.53. The van der Waals surface area contributed by atoms with E-state index in [-0.39, 0.29) is 30.5 Å². The van der Waals surface area contributed by atoms with Gasteiger partial charge in [0.25, 0.3) is 5.91 Å². The number of carbonyl (C=O) groups is 2. The smallest absolute Gasteiger partial charge is 0.383 e. The molecular formula is C29H34F3N3O3. The van der Waals surface area contributed by atoms with Crippen LogP contribution in [0, 0.1) is 5.92 Å². The van der Waals surface area contributed by atoms with Crippen LogP contribution in [0.1, 0.15) is 41.0 Å². The Bertz CT molecular complexity index is 1180. The van der Waals surface area contributed by atoms with Gasteiger partial charge in [0, 0.05) is 44.2 Å². The van der Waals surface area contributed by atoms with Crippen molar-refractivity contribution in [1.29, 1.82) is 0 Å². The first-order valence-corrected chi connectivity index (χ1v) is 12.5. The lowest BCUT2D eigenvalue weighted by Gasteiger charge is -2.29. The Morgan fingerprint density at radius 1 is 0.947 bits per heavy atom. The van der Waals surface area contributed by atoms with Crippen LogP contribution in [0.2, 0.25) is 0 Å². The van der Waals surface area contributed by atoms with E-state index in [9.17, 15) is 22.8 Å². The highest BCUT2D eigenvalue weighted by Gasteiger charge is 2.31. The average Bonchev–Trinajstić information content (AvgIpc) is 3.31. The Morgan fingerprint density at radius 3 is 2.24 bits per heavy atom. The molecule has 1 aromatic heterocycles. The quantitative estimate of drug-likeness (QED) is 0.319. The zero-order chi connectivity index (χ0) is 27.7. The first-order chi connectivity index (χ1) is 18.1. The van der Waals surface area contributed by atoms with Crippen LogP contribution in [0.4, 0.5) is 13.2 Å². The highest BCUT2D eigenvalue weighted by Crippen LogP contribution is 2.29. The number of hydrogen-bond acceptors (Lipinski definition) is 3. The molecule has 0 atom stereocenters. The van der Waals surface area contributed by atoms with E-state index in [1.165, 1.54) is 4.90 Å². The molecule has 0 aliphatic rings. The van der Waals surface area contributed by atoms with Gasteiger partial charge >= 0.3 is 6.18 Å². The number of halogens is 3. The molecule has 38 heavy (non-hydrogen) atoms. The number of hydrogen-bond donors (Lipinski definition) is 0. The summed E-state index contributed by atoms with van der Waals surface area (Å²) in [4.78, 5) is 29.8. The minimum atomic E-state index is -4.49. The molecule has 2 amide bonds. The molecule has 0 unspecified atom stereocenters. The summed E-state index contributed by atoms with van der Waals surface area (Å²) in [6.45, 7) is 5.55. The van der Waals surface area contributed by atoms with Gasteiger partial charge in [-0.05, 0) is 47.9 Å². The summed E-state index contributed by atoms with van der Waals surface area (Å²) in [5.41, 5.74) is 1.34. The number of methoxy groups -OCH3 is 1. The summed E-state index contributed by atoms with van der Waals surface area (Å²) >= 11 is 0. The van der Waals surface area contributed by atoms with Crippen LogP contribution >= 0.6 is 0 Å². The van der Waals surface area contributed by atoms with E-state index in [1.54, 1.807) is 12.0 Å². The zero-order valence-corrected chi connectivity index (χ0v) is 21.9. The van der Waals surface area contributed by atoms with Crippen LogP contribution in [0.5, 0.6) is 0 Å². The van der Waals surface area contributed by atoms with Crippen LogP contribution in [-0.4, -0.2) is 59.5 Å². The Balaban J connectivity index is 1.77. The molecule has 0 aliphatic carbocycles. The molecule has 1 heterocycles. The van der Waals surface area contributed by atoms with Gasteiger partial charge in [0.05, 0.1) is 18.7 Å². The van der Waals surface area contributed by atoms with Crippen LogP contribution < -0.4 is 0 Å². The van der Waals surface area contributed by atoms with Crippen molar-refractivity contribution in [3.63, 3.8) is 0 Å². The lowest BCUT2D eigenvalue weighted by Crippen LogP contribution is -2.45. The molecule has 9 heteroatoms. The molecule has 3 aromatic rings. The number of amides is 2. The van der Waals surface area contributed by atoms with E-state index in [0.29, 0.717) is 26.2 Å². The van der Waals surface area contributed by atoms with Crippen molar-refractivity contribution in [2.24, 2.45) is 5.92 Å². The molecule has 2 aromatic carbocycles. The Hall–Kier alpha value is -3.59. The van der Waals surface area contributed by atoms with Gasteiger partial charge in [0.15, 0.2) is 0 Å². The Kier molecular flexibility index (Phi) is 10.1. The molecule has 0 bridgehead atoms. The van der Waals surface area contributed by atoms with Crippen molar-refractivity contribution in [3.05, 3.63) is 95.3 Å². The summed E-state index contributed by atoms with van der Waals surface area (Å²) in [6, 6.07) is 17.9. The first-order valence-electron chi connectivity index (χ1n) is 12.5. The number of ether oxygens (including phenoxy) is 1. The minimum Gasteiger partial charge on any atom is -0.383 e. The van der Waals surface area contributed by atoms with Crippen LogP contribution in [0.25, 0.3) is 0 Å². The van der Waals surface area contributed by atoms with Gasteiger partial charge in [-0.25, -0.2) is 0 Å². The van der Waals surface area contributed by atoms with E-state index in [0.717, 1.165) is 35.5 Å². The second-order valence-electron chi connectivity index (χ2n) is 9.58. The minimum absolute atomic E-state index is 0.0525. The maximum atomic E-state index is 13.5. The van der Waals surface area contributed by atoms with Gasteiger partial charge in [0.1, 0.15) is 6.54 Å². The fourth-order valence-electron chi connectivity index (χ4n) is 4.12. The van der Waals surface area contributed by atoms with Crippen molar-refractivity contribution in [1.82, 2.24) is 14.4 Å². The monoisotopic (exact) mass is 529 g/mol. The predicted octanol–water partition coefficient (Wildman–Crippen LogP) is 5.33. The fraction of sp³-hybridized carbons (Fsp3) is 0.379. The molecule has 0 N–H and O–H groups in total. The number of carbonyl (C=O) groups excluding carboxylic acids is 2. The number of benzene rings is 2. The van der Waals surface area contributed by atoms with Crippen LogP contribution in [-0.2, 0) is 28.8 Å². The third-order valence-corrected chi connectivity index (χ3v) is 6.05. The second kappa shape index (κ2) is 13.3. The number of rotatable bonds is 12. The number of aromatic nitrogens is 1. The summed E-state index contributed by atoms with van der Waals surface area (Å²) in [7, 11) is 1.56. The number of alkyl halides is 3. The SMILES string of the molecule is COCCN(Cc1cccn1Cc1ccccc1)C(=O)CN(CC(C)C)C(=O)c1ccc(C(F)(F)F)cc1. The van der Waals surface area contributed by atoms with Crippen LogP contribution in [0.3, 0.4) is 0 Å². The average molecular weight is 530 g/mol. The van der Waals surface area contributed by atoms with Crippen LogP contribution in [0.15, 0.2) is 72.9 Å². The molecule has 6 nitrogen and oxygen atoms in total. The normalized spacial score (nSPS) is 11.6. The summed E-state index contributed by atoms with van der Waals surface area (Å²) in [5.74, 6) is -0.702. The molecule has 0 fully saturated rings. The molecule has 0 aliphatic heterocycles. The Morgan fingerprint density at radius 2 is 1.63 bits per heavy atom. The largest absolute Gasteiger partial charge is 0.416 e. The van der Waals surface area contributed by atoms with E-state index in [4.69, 9.17) is 4.74 Å². The molecular weight excluding hydrogens is 495 g/mol. The third-order valence-electron chi connectivity index (χ3n) is 6.05. The zero-order valence-electron chi connectivity index (χ0n) is 21.9. The molecule has 0 spiro atoms.